The van der Waals surface area contributed by atoms with Crippen LogP contribution in [0.5, 0.6) is 0 Å². The Morgan fingerprint density at radius 1 is 1.12 bits per heavy atom. The number of amides is 4. The second kappa shape index (κ2) is 13.8. The number of rotatable bonds is 10. The molecule has 2 aromatic carbocycles. The smallest absolute Gasteiger partial charge is 0.322 e. The second-order valence-corrected chi connectivity index (χ2v) is 12.5. The molecule has 0 aromatic heterocycles. The average molecular weight is 692 g/mol. The van der Waals surface area contributed by atoms with Crippen molar-refractivity contribution in [3.8, 4) is 0 Å². The lowest BCUT2D eigenvalue weighted by molar-refractivity contribution is -0.137. The van der Waals surface area contributed by atoms with Gasteiger partial charge in [-0.05, 0) is 95.5 Å². The number of benzene rings is 2. The largest absolute Gasteiger partial charge is 0.397 e. The van der Waals surface area contributed by atoms with Crippen LogP contribution in [-0.2, 0) is 16.1 Å². The molecule has 0 aliphatic carbocycles. The molecule has 0 spiro atoms. The first-order valence-corrected chi connectivity index (χ1v) is 15.3. The van der Waals surface area contributed by atoms with Gasteiger partial charge in [-0.25, -0.2) is 4.79 Å². The number of urea groups is 1. The van der Waals surface area contributed by atoms with Crippen molar-refractivity contribution in [2.75, 3.05) is 44.8 Å². The molecule has 10 nitrogen and oxygen atoms in total. The van der Waals surface area contributed by atoms with Gasteiger partial charge in [0.1, 0.15) is 6.04 Å². The Bertz CT molecular complexity index is 1290. The molecule has 0 saturated carbocycles. The Labute approximate surface area is 257 Å². The van der Waals surface area contributed by atoms with Crippen LogP contribution in [-0.4, -0.2) is 84.1 Å². The van der Waals surface area contributed by atoms with E-state index in [-0.39, 0.29) is 42.5 Å². The Balaban J connectivity index is 1.43. The van der Waals surface area contributed by atoms with Crippen molar-refractivity contribution in [3.63, 3.8) is 0 Å². The Morgan fingerprint density at radius 2 is 1.78 bits per heavy atom. The minimum absolute atomic E-state index is 0.0161. The van der Waals surface area contributed by atoms with Crippen LogP contribution in [0.4, 0.5) is 16.2 Å². The van der Waals surface area contributed by atoms with Gasteiger partial charge in [0.05, 0.1) is 5.69 Å². The summed E-state index contributed by atoms with van der Waals surface area (Å²) in [5, 5.41) is 5.79. The van der Waals surface area contributed by atoms with Crippen molar-refractivity contribution >= 4 is 66.9 Å². The fraction of sp³-hybridized carbons (Fsp3) is 0.448. The number of fused-ring (bicyclic) bond motifs is 1. The number of piperidine rings is 1. The lowest BCUT2D eigenvalue weighted by Crippen LogP contribution is -2.55. The molecule has 4 rings (SSSR count). The molecular weight excluding hydrogens is 656 g/mol. The number of likely N-dealkylation sites (tertiary alicyclic amines) is 1. The Morgan fingerprint density at radius 3 is 2.44 bits per heavy atom. The molecule has 4 amide bonds. The maximum absolute atomic E-state index is 13.7. The van der Waals surface area contributed by atoms with E-state index in [0.29, 0.717) is 59.1 Å². The van der Waals surface area contributed by atoms with Gasteiger partial charge in [0.2, 0.25) is 11.8 Å². The molecule has 0 unspecified atom stereocenters. The van der Waals surface area contributed by atoms with Crippen LogP contribution in [0.15, 0.2) is 45.3 Å². The molecule has 0 radical (unpaired) electrons. The first kappa shape index (κ1) is 31.0. The third kappa shape index (κ3) is 7.87. The number of hydrogen-bond donors (Lipinski definition) is 3. The van der Waals surface area contributed by atoms with E-state index in [9.17, 15) is 19.2 Å². The summed E-state index contributed by atoms with van der Waals surface area (Å²) in [5.41, 5.74) is 8.71. The molecule has 1 saturated heterocycles. The maximum atomic E-state index is 13.7. The minimum Gasteiger partial charge on any atom is -0.397 e. The van der Waals surface area contributed by atoms with Crippen LogP contribution in [0.25, 0.3) is 0 Å². The number of nitrogen functional groups attached to an aromatic ring is 1. The molecule has 4 N–H and O–H groups in total. The third-order valence-corrected chi connectivity index (χ3v) is 8.82. The number of carbonyl (C=O) groups excluding carboxylic acids is 4. The van der Waals surface area contributed by atoms with Crippen LogP contribution in [0.2, 0.25) is 0 Å². The number of anilines is 2. The zero-order valence-corrected chi connectivity index (χ0v) is 26.5. The Hall–Kier alpha value is -2.96. The van der Waals surface area contributed by atoms with Gasteiger partial charge in [-0.15, -0.1) is 0 Å². The van der Waals surface area contributed by atoms with Gasteiger partial charge in [0.15, 0.2) is 5.78 Å². The molecule has 0 bridgehead atoms. The van der Waals surface area contributed by atoms with Gasteiger partial charge < -0.3 is 31.1 Å². The van der Waals surface area contributed by atoms with E-state index in [1.54, 1.807) is 17.0 Å². The molecule has 2 aromatic rings. The highest BCUT2D eigenvalue weighted by Crippen LogP contribution is 2.31. The van der Waals surface area contributed by atoms with Crippen molar-refractivity contribution in [2.45, 2.75) is 50.7 Å². The highest BCUT2D eigenvalue weighted by atomic mass is 79.9. The summed E-state index contributed by atoms with van der Waals surface area (Å²) in [4.78, 5) is 58.1. The number of nitrogens with one attached hydrogen (secondary N) is 2. The lowest BCUT2D eigenvalue weighted by Gasteiger charge is -2.41. The van der Waals surface area contributed by atoms with Crippen molar-refractivity contribution in [1.29, 1.82) is 0 Å². The molecule has 220 valence electrons. The summed E-state index contributed by atoms with van der Waals surface area (Å²) in [6.45, 7) is 2.11. The van der Waals surface area contributed by atoms with Crippen LogP contribution in [0.1, 0.15) is 48.0 Å². The fourth-order valence-electron chi connectivity index (χ4n) is 5.21. The molecule has 1 atom stereocenters. The number of ketones is 1. The molecule has 41 heavy (non-hydrogen) atoms. The molecule has 2 aliphatic heterocycles. The highest BCUT2D eigenvalue weighted by molar-refractivity contribution is 9.11. The topological polar surface area (TPSA) is 128 Å². The quantitative estimate of drug-likeness (QED) is 0.253. The molecule has 12 heteroatoms. The lowest BCUT2D eigenvalue weighted by atomic mass is 9.98. The predicted octanol–water partition coefficient (Wildman–Crippen LogP) is 4.23. The number of carbonyl (C=O) groups is 4. The summed E-state index contributed by atoms with van der Waals surface area (Å²) in [5.74, 6) is -0.840. The van der Waals surface area contributed by atoms with E-state index in [1.807, 2.05) is 48.2 Å². The minimum atomic E-state index is -0.994. The summed E-state index contributed by atoms with van der Waals surface area (Å²) in [6.07, 6.45) is 1.93. The number of hydrogen-bond acceptors (Lipinski definition) is 6. The second-order valence-electron chi connectivity index (χ2n) is 10.8. The summed E-state index contributed by atoms with van der Waals surface area (Å²) >= 11 is 6.73. The van der Waals surface area contributed by atoms with Crippen LogP contribution < -0.4 is 16.4 Å². The van der Waals surface area contributed by atoms with Gasteiger partial charge >= 0.3 is 6.03 Å². The molecular formula is C29H36Br2N6O4. The van der Waals surface area contributed by atoms with E-state index in [0.717, 1.165) is 17.8 Å². The van der Waals surface area contributed by atoms with Crippen molar-refractivity contribution in [1.82, 2.24) is 20.0 Å². The normalized spacial score (nSPS) is 16.3. The van der Waals surface area contributed by atoms with Gasteiger partial charge in [-0.3, -0.25) is 14.4 Å². The van der Waals surface area contributed by atoms with Gasteiger partial charge in [-0.2, -0.15) is 0 Å². The number of halogens is 2. The van der Waals surface area contributed by atoms with E-state index in [4.69, 9.17) is 5.73 Å². The predicted molar refractivity (Wildman–Crippen MR) is 166 cm³/mol. The Kier molecular flexibility index (Phi) is 10.4. The van der Waals surface area contributed by atoms with Gasteiger partial charge in [-0.1, -0.05) is 18.2 Å². The number of Topliss-reactive ketones (excluding diaryl/α,β-unsaturated/α-hetero) is 1. The molecule has 2 heterocycles. The number of nitrogens with zero attached hydrogens (tertiary/aromatic N) is 3. The highest BCUT2D eigenvalue weighted by Gasteiger charge is 2.35. The van der Waals surface area contributed by atoms with Gasteiger partial charge in [0, 0.05) is 58.7 Å². The maximum Gasteiger partial charge on any atom is 0.322 e. The average Bonchev–Trinajstić information content (AvgIpc) is 2.94. The van der Waals surface area contributed by atoms with E-state index in [1.165, 1.54) is 0 Å². The van der Waals surface area contributed by atoms with Gasteiger partial charge in [0.25, 0.3) is 0 Å². The van der Waals surface area contributed by atoms with Crippen LogP contribution in [0.3, 0.4) is 0 Å². The van der Waals surface area contributed by atoms with Crippen molar-refractivity contribution in [3.05, 3.63) is 56.5 Å². The zero-order chi connectivity index (χ0) is 29.7. The first-order chi connectivity index (χ1) is 19.5. The number of nitrogens with two attached hydrogens (primary N) is 1. The van der Waals surface area contributed by atoms with Crippen molar-refractivity contribution in [2.24, 2.45) is 0 Å². The first-order valence-electron chi connectivity index (χ1n) is 13.7. The third-order valence-electron chi connectivity index (χ3n) is 7.51. The van der Waals surface area contributed by atoms with E-state index < -0.39 is 6.04 Å². The number of para-hydroxylation sites is 1. The van der Waals surface area contributed by atoms with E-state index >= 15 is 0 Å². The molecule has 1 fully saturated rings. The molecule has 2 aliphatic rings. The van der Waals surface area contributed by atoms with Crippen molar-refractivity contribution < 1.29 is 19.2 Å². The summed E-state index contributed by atoms with van der Waals surface area (Å²) in [6, 6.07) is 9.84. The monoisotopic (exact) mass is 690 g/mol. The standard InChI is InChI=1S/C29H36Br2N6O4/c1-35(2)11-5-8-26(39)33-24(16-25(38)19-14-21(30)27(32)22(31)15-19)28(40)36-12-9-20(10-13-36)37-17-18-6-3-4-7-23(18)34-29(37)41/h3-4,6-7,14-15,20,24H,5,8-13,16-17,32H2,1-2H3,(H,33,39)(H,34,41)/t24-/m0/s1. The SMILES string of the molecule is CN(C)CCCC(=O)N[C@@H](CC(=O)c1cc(Br)c(N)c(Br)c1)C(=O)N1CCC(N2Cc3ccccc3NC2=O)CC1. The summed E-state index contributed by atoms with van der Waals surface area (Å²) in [7, 11) is 3.86. The summed E-state index contributed by atoms with van der Waals surface area (Å²) < 4.78 is 1.13. The zero-order valence-electron chi connectivity index (χ0n) is 23.3. The fourth-order valence-corrected chi connectivity index (χ4v) is 6.39. The van der Waals surface area contributed by atoms with Crippen LogP contribution in [0, 0.1) is 0 Å². The van der Waals surface area contributed by atoms with Crippen LogP contribution >= 0.6 is 31.9 Å². The van der Waals surface area contributed by atoms with E-state index in [2.05, 4.69) is 42.5 Å².